The standard InChI is InChI=1S/C14H20F3NO3/c15-14(16,17)10-5-3-9(4-6-10)8-12(19)18-7-1-2-11(18)13(20)21/h9-11H,1-8H2,(H,20,21)/t9?,10?,11-/m1/s1. The highest BCUT2D eigenvalue weighted by molar-refractivity contribution is 5.84. The van der Waals surface area contributed by atoms with Crippen LogP contribution in [-0.2, 0) is 9.59 Å². The van der Waals surface area contributed by atoms with Gasteiger partial charge in [-0.2, -0.15) is 13.2 Å². The Kier molecular flexibility index (Phi) is 4.78. The second-order valence-electron chi connectivity index (χ2n) is 6.05. The number of aliphatic carboxylic acids is 1. The van der Waals surface area contributed by atoms with Crippen LogP contribution in [0.4, 0.5) is 13.2 Å². The van der Waals surface area contributed by atoms with E-state index in [1.54, 1.807) is 0 Å². The zero-order valence-electron chi connectivity index (χ0n) is 11.7. The number of carbonyl (C=O) groups is 2. The van der Waals surface area contributed by atoms with Crippen LogP contribution in [-0.4, -0.2) is 40.6 Å². The topological polar surface area (TPSA) is 57.6 Å². The molecule has 0 aromatic rings. The van der Waals surface area contributed by atoms with Gasteiger partial charge in [0.05, 0.1) is 5.92 Å². The van der Waals surface area contributed by atoms with Crippen molar-refractivity contribution in [2.75, 3.05) is 6.54 Å². The van der Waals surface area contributed by atoms with Crippen molar-refractivity contribution in [2.24, 2.45) is 11.8 Å². The van der Waals surface area contributed by atoms with E-state index in [0.29, 0.717) is 32.2 Å². The monoisotopic (exact) mass is 307 g/mol. The zero-order valence-corrected chi connectivity index (χ0v) is 11.7. The van der Waals surface area contributed by atoms with Gasteiger partial charge in [-0.05, 0) is 44.4 Å². The van der Waals surface area contributed by atoms with Crippen molar-refractivity contribution < 1.29 is 27.9 Å². The number of alkyl halides is 3. The Morgan fingerprint density at radius 2 is 1.71 bits per heavy atom. The summed E-state index contributed by atoms with van der Waals surface area (Å²) in [6.45, 7) is 0.438. The fourth-order valence-corrected chi connectivity index (χ4v) is 3.38. The molecule has 1 heterocycles. The summed E-state index contributed by atoms with van der Waals surface area (Å²) in [5, 5.41) is 9.04. The van der Waals surface area contributed by atoms with Crippen LogP contribution in [0.25, 0.3) is 0 Å². The number of hydrogen-bond donors (Lipinski definition) is 1. The molecule has 0 radical (unpaired) electrons. The lowest BCUT2D eigenvalue weighted by Crippen LogP contribution is -2.41. The first-order chi connectivity index (χ1) is 9.79. The molecule has 1 saturated carbocycles. The summed E-state index contributed by atoms with van der Waals surface area (Å²) in [4.78, 5) is 24.6. The van der Waals surface area contributed by atoms with E-state index < -0.39 is 24.1 Å². The quantitative estimate of drug-likeness (QED) is 0.872. The minimum atomic E-state index is -4.14. The Morgan fingerprint density at radius 1 is 1.10 bits per heavy atom. The third-order valence-electron chi connectivity index (χ3n) is 4.63. The highest BCUT2D eigenvalue weighted by Crippen LogP contribution is 2.40. The largest absolute Gasteiger partial charge is 0.480 e. The van der Waals surface area contributed by atoms with Crippen LogP contribution in [0.15, 0.2) is 0 Å². The van der Waals surface area contributed by atoms with Gasteiger partial charge >= 0.3 is 12.1 Å². The summed E-state index contributed by atoms with van der Waals surface area (Å²) in [6.07, 6.45) is -1.91. The number of carbonyl (C=O) groups excluding carboxylic acids is 1. The third-order valence-corrected chi connectivity index (χ3v) is 4.63. The van der Waals surface area contributed by atoms with Gasteiger partial charge in [-0.25, -0.2) is 4.79 Å². The molecule has 1 saturated heterocycles. The Hall–Kier alpha value is -1.27. The normalized spacial score (nSPS) is 30.4. The second kappa shape index (κ2) is 6.23. The van der Waals surface area contributed by atoms with Gasteiger partial charge in [-0.15, -0.1) is 0 Å². The second-order valence-corrected chi connectivity index (χ2v) is 6.05. The van der Waals surface area contributed by atoms with Crippen LogP contribution >= 0.6 is 0 Å². The lowest BCUT2D eigenvalue weighted by molar-refractivity contribution is -0.184. The summed E-state index contributed by atoms with van der Waals surface area (Å²) in [5.74, 6) is -2.52. The van der Waals surface area contributed by atoms with Gasteiger partial charge in [0.2, 0.25) is 5.91 Å². The van der Waals surface area contributed by atoms with E-state index in [2.05, 4.69) is 0 Å². The van der Waals surface area contributed by atoms with Gasteiger partial charge in [0.15, 0.2) is 0 Å². The summed E-state index contributed by atoms with van der Waals surface area (Å²) in [7, 11) is 0. The molecule has 2 fully saturated rings. The van der Waals surface area contributed by atoms with Crippen molar-refractivity contribution in [3.05, 3.63) is 0 Å². The summed E-state index contributed by atoms with van der Waals surface area (Å²) in [6, 6.07) is -0.760. The average molecular weight is 307 g/mol. The highest BCUT2D eigenvalue weighted by Gasteiger charge is 2.42. The maximum atomic E-state index is 12.6. The summed E-state index contributed by atoms with van der Waals surface area (Å²) in [5.41, 5.74) is 0. The zero-order chi connectivity index (χ0) is 15.6. The van der Waals surface area contributed by atoms with Gasteiger partial charge in [-0.1, -0.05) is 0 Å². The first-order valence-electron chi connectivity index (χ1n) is 7.38. The van der Waals surface area contributed by atoms with Crippen molar-refractivity contribution >= 4 is 11.9 Å². The fraction of sp³-hybridized carbons (Fsp3) is 0.857. The Labute approximate surface area is 121 Å². The predicted octanol–water partition coefficient (Wildman–Crippen LogP) is 2.82. The molecule has 0 bridgehead atoms. The smallest absolute Gasteiger partial charge is 0.391 e. The molecule has 1 aliphatic heterocycles. The Balaban J connectivity index is 1.83. The van der Waals surface area contributed by atoms with Crippen LogP contribution < -0.4 is 0 Å². The maximum absolute atomic E-state index is 12.6. The van der Waals surface area contributed by atoms with Crippen LogP contribution in [0.3, 0.4) is 0 Å². The molecule has 120 valence electrons. The van der Waals surface area contributed by atoms with E-state index in [1.807, 2.05) is 0 Å². The number of likely N-dealkylation sites (tertiary alicyclic amines) is 1. The molecular weight excluding hydrogens is 287 g/mol. The number of amides is 1. The first-order valence-corrected chi connectivity index (χ1v) is 7.38. The number of nitrogens with zero attached hydrogens (tertiary/aromatic N) is 1. The van der Waals surface area contributed by atoms with E-state index in [-0.39, 0.29) is 31.1 Å². The number of hydrogen-bond acceptors (Lipinski definition) is 2. The minimum Gasteiger partial charge on any atom is -0.480 e. The lowest BCUT2D eigenvalue weighted by atomic mass is 9.80. The number of carboxylic acids is 1. The minimum absolute atomic E-state index is 0.0499. The average Bonchev–Trinajstić information content (AvgIpc) is 2.87. The summed E-state index contributed by atoms with van der Waals surface area (Å²) < 4.78 is 37.7. The molecule has 2 rings (SSSR count). The van der Waals surface area contributed by atoms with Crippen molar-refractivity contribution in [1.29, 1.82) is 0 Å². The van der Waals surface area contributed by atoms with Crippen LogP contribution in [0.5, 0.6) is 0 Å². The van der Waals surface area contributed by atoms with Crippen molar-refractivity contribution in [2.45, 2.75) is 57.2 Å². The first kappa shape index (κ1) is 16.1. The Morgan fingerprint density at radius 3 is 2.24 bits per heavy atom. The van der Waals surface area contributed by atoms with Crippen LogP contribution in [0.2, 0.25) is 0 Å². The molecule has 0 aromatic heterocycles. The predicted molar refractivity (Wildman–Crippen MR) is 68.5 cm³/mol. The lowest BCUT2D eigenvalue weighted by Gasteiger charge is -2.31. The molecule has 7 heteroatoms. The molecule has 0 spiro atoms. The Bertz CT molecular complexity index is 403. The summed E-state index contributed by atoms with van der Waals surface area (Å²) >= 11 is 0. The van der Waals surface area contributed by atoms with E-state index in [0.717, 1.165) is 0 Å². The molecule has 0 aromatic carbocycles. The number of halogens is 3. The van der Waals surface area contributed by atoms with E-state index in [9.17, 15) is 22.8 Å². The van der Waals surface area contributed by atoms with Gasteiger partial charge < -0.3 is 10.0 Å². The molecule has 2 aliphatic rings. The van der Waals surface area contributed by atoms with Gasteiger partial charge in [0.25, 0.3) is 0 Å². The molecular formula is C14H20F3NO3. The molecule has 1 aliphatic carbocycles. The molecule has 1 N–H and O–H groups in total. The van der Waals surface area contributed by atoms with Gasteiger partial charge in [0, 0.05) is 13.0 Å². The van der Waals surface area contributed by atoms with Crippen molar-refractivity contribution in [1.82, 2.24) is 4.90 Å². The third kappa shape index (κ3) is 3.89. The van der Waals surface area contributed by atoms with Gasteiger partial charge in [-0.3, -0.25) is 4.79 Å². The van der Waals surface area contributed by atoms with E-state index in [1.165, 1.54) is 4.90 Å². The number of carboxylic acid groups (broad SMARTS) is 1. The fourth-order valence-electron chi connectivity index (χ4n) is 3.38. The van der Waals surface area contributed by atoms with Crippen LogP contribution in [0, 0.1) is 11.8 Å². The van der Waals surface area contributed by atoms with Crippen molar-refractivity contribution in [3.63, 3.8) is 0 Å². The molecule has 4 nitrogen and oxygen atoms in total. The molecule has 1 amide bonds. The van der Waals surface area contributed by atoms with E-state index in [4.69, 9.17) is 5.11 Å². The van der Waals surface area contributed by atoms with Crippen molar-refractivity contribution in [3.8, 4) is 0 Å². The maximum Gasteiger partial charge on any atom is 0.391 e. The van der Waals surface area contributed by atoms with Gasteiger partial charge in [0.1, 0.15) is 6.04 Å². The van der Waals surface area contributed by atoms with Crippen LogP contribution in [0.1, 0.15) is 44.9 Å². The molecule has 0 unspecified atom stereocenters. The molecule has 1 atom stereocenters. The van der Waals surface area contributed by atoms with E-state index >= 15 is 0 Å². The molecule has 21 heavy (non-hydrogen) atoms. The SMILES string of the molecule is O=C(O)[C@H]1CCCN1C(=O)CC1CCC(C(F)(F)F)CC1. The highest BCUT2D eigenvalue weighted by atomic mass is 19.4. The number of rotatable bonds is 3.